The minimum Gasteiger partial charge on any atom is -0.481 e. The third-order valence-electron chi connectivity index (χ3n) is 4.22. The molecule has 3 rings (SSSR count). The Bertz CT molecular complexity index is 748. The van der Waals surface area contributed by atoms with Crippen LogP contribution in [-0.4, -0.2) is 47.1 Å². The molecule has 0 bridgehead atoms. The molecule has 1 aliphatic rings. The van der Waals surface area contributed by atoms with Crippen LogP contribution in [0.5, 0.6) is 5.88 Å². The minimum absolute atomic E-state index is 0.0823. The molecule has 1 N–H and O–H groups in total. The molecule has 1 fully saturated rings. The zero-order chi connectivity index (χ0) is 17.8. The van der Waals surface area contributed by atoms with Gasteiger partial charge in [0.25, 0.3) is 5.91 Å². The van der Waals surface area contributed by atoms with Crippen LogP contribution in [0, 0.1) is 12.8 Å². The van der Waals surface area contributed by atoms with Crippen LogP contribution in [0.3, 0.4) is 0 Å². The largest absolute Gasteiger partial charge is 0.481 e. The predicted molar refractivity (Wildman–Crippen MR) is 89.3 cm³/mol. The Balaban J connectivity index is 1.53. The summed E-state index contributed by atoms with van der Waals surface area (Å²) in [5.41, 5.74) is 0.516. The van der Waals surface area contributed by atoms with Gasteiger partial charge in [-0.3, -0.25) is 9.59 Å². The molecule has 0 spiro atoms. The van der Waals surface area contributed by atoms with Crippen LogP contribution >= 0.6 is 0 Å². The average Bonchev–Trinajstić information content (AvgIpc) is 3.06. The normalized spacial score (nSPS) is 15.0. The number of anilines is 1. The van der Waals surface area contributed by atoms with E-state index < -0.39 is 0 Å². The fraction of sp³-hybridized carbons (Fsp3) is 0.412. The lowest BCUT2D eigenvalue weighted by atomic mass is 9.95. The molecule has 0 unspecified atom stereocenters. The second-order valence-corrected chi connectivity index (χ2v) is 5.97. The van der Waals surface area contributed by atoms with E-state index in [1.54, 1.807) is 30.0 Å². The van der Waals surface area contributed by atoms with Crippen molar-refractivity contribution in [3.63, 3.8) is 0 Å². The minimum atomic E-state index is -0.143. The highest BCUT2D eigenvalue weighted by molar-refractivity contribution is 5.95. The first-order valence-electron chi connectivity index (χ1n) is 8.10. The summed E-state index contributed by atoms with van der Waals surface area (Å²) in [6, 6.07) is 5.03. The molecule has 0 aromatic carbocycles. The van der Waals surface area contributed by atoms with Gasteiger partial charge in [-0.05, 0) is 25.8 Å². The molecule has 132 valence electrons. The van der Waals surface area contributed by atoms with Crippen LogP contribution in [-0.2, 0) is 4.79 Å². The molecule has 1 aliphatic heterocycles. The lowest BCUT2D eigenvalue weighted by molar-refractivity contribution is -0.121. The number of aromatic nitrogens is 2. The number of aryl methyl sites for hydroxylation is 1. The zero-order valence-electron chi connectivity index (χ0n) is 14.2. The van der Waals surface area contributed by atoms with Gasteiger partial charge in [0.2, 0.25) is 11.8 Å². The van der Waals surface area contributed by atoms with E-state index in [1.165, 1.54) is 13.3 Å². The first kappa shape index (κ1) is 16.9. The Morgan fingerprint density at radius 3 is 2.64 bits per heavy atom. The SMILES string of the molecule is COc1ccc(C(=O)N2CCC(C(=O)Nc3cc(C)on3)CC2)cn1. The van der Waals surface area contributed by atoms with Crippen LogP contribution in [0.15, 0.2) is 28.9 Å². The van der Waals surface area contributed by atoms with Gasteiger partial charge in [-0.2, -0.15) is 0 Å². The van der Waals surface area contributed by atoms with Crippen LogP contribution in [0.25, 0.3) is 0 Å². The van der Waals surface area contributed by atoms with Crippen molar-refractivity contribution in [1.29, 1.82) is 0 Å². The Hall–Kier alpha value is -2.90. The van der Waals surface area contributed by atoms with Crippen LogP contribution in [0.1, 0.15) is 29.0 Å². The highest BCUT2D eigenvalue weighted by atomic mass is 16.5. The molecule has 25 heavy (non-hydrogen) atoms. The number of rotatable bonds is 4. The van der Waals surface area contributed by atoms with Crippen molar-refractivity contribution in [2.75, 3.05) is 25.5 Å². The smallest absolute Gasteiger partial charge is 0.255 e. The lowest BCUT2D eigenvalue weighted by Crippen LogP contribution is -2.41. The van der Waals surface area contributed by atoms with Crippen LogP contribution < -0.4 is 10.1 Å². The fourth-order valence-electron chi connectivity index (χ4n) is 2.81. The molecule has 2 aromatic heterocycles. The Labute approximate surface area is 145 Å². The second kappa shape index (κ2) is 7.33. The number of nitrogens with zero attached hydrogens (tertiary/aromatic N) is 3. The van der Waals surface area contributed by atoms with Crippen molar-refractivity contribution in [1.82, 2.24) is 15.0 Å². The molecule has 0 radical (unpaired) electrons. The molecule has 8 nitrogen and oxygen atoms in total. The van der Waals surface area contributed by atoms with Crippen LogP contribution in [0.2, 0.25) is 0 Å². The monoisotopic (exact) mass is 344 g/mol. The van der Waals surface area contributed by atoms with E-state index in [1.807, 2.05) is 0 Å². The van der Waals surface area contributed by atoms with Gasteiger partial charge in [-0.1, -0.05) is 5.16 Å². The molecule has 0 saturated carbocycles. The van der Waals surface area contributed by atoms with Gasteiger partial charge in [0, 0.05) is 37.3 Å². The van der Waals surface area contributed by atoms with Crippen molar-refractivity contribution in [3.8, 4) is 5.88 Å². The molecular weight excluding hydrogens is 324 g/mol. The number of methoxy groups -OCH3 is 1. The van der Waals surface area contributed by atoms with Gasteiger partial charge in [-0.15, -0.1) is 0 Å². The molecular formula is C17H20N4O4. The first-order chi connectivity index (χ1) is 12.1. The molecule has 0 aliphatic carbocycles. The number of ether oxygens (including phenoxy) is 1. The Kier molecular flexibility index (Phi) is 4.97. The topological polar surface area (TPSA) is 97.6 Å². The standard InChI is InChI=1S/C17H20N4O4/c1-11-9-14(20-25-11)19-16(22)12-5-7-21(8-6-12)17(23)13-3-4-15(24-2)18-10-13/h3-4,9-10,12H,5-8H2,1-2H3,(H,19,20,22). The maximum absolute atomic E-state index is 12.5. The summed E-state index contributed by atoms with van der Waals surface area (Å²) < 4.78 is 9.93. The fourth-order valence-corrected chi connectivity index (χ4v) is 2.81. The summed E-state index contributed by atoms with van der Waals surface area (Å²) in [4.78, 5) is 30.6. The van der Waals surface area contributed by atoms with Crippen molar-refractivity contribution in [2.24, 2.45) is 5.92 Å². The van der Waals surface area contributed by atoms with E-state index in [4.69, 9.17) is 9.26 Å². The van der Waals surface area contributed by atoms with Crippen molar-refractivity contribution in [3.05, 3.63) is 35.7 Å². The van der Waals surface area contributed by atoms with Crippen molar-refractivity contribution in [2.45, 2.75) is 19.8 Å². The Morgan fingerprint density at radius 2 is 2.08 bits per heavy atom. The summed E-state index contributed by atoms with van der Waals surface area (Å²) >= 11 is 0. The van der Waals surface area contributed by atoms with Crippen molar-refractivity contribution >= 4 is 17.6 Å². The second-order valence-electron chi connectivity index (χ2n) is 5.97. The number of hydrogen-bond acceptors (Lipinski definition) is 6. The lowest BCUT2D eigenvalue weighted by Gasteiger charge is -2.31. The quantitative estimate of drug-likeness (QED) is 0.909. The number of likely N-dealkylation sites (tertiary alicyclic amines) is 1. The number of nitrogens with one attached hydrogen (secondary N) is 1. The van der Waals surface area contributed by atoms with E-state index in [0.29, 0.717) is 49.0 Å². The molecule has 3 heterocycles. The summed E-state index contributed by atoms with van der Waals surface area (Å²) in [6.07, 6.45) is 2.73. The van der Waals surface area contributed by atoms with E-state index in [-0.39, 0.29) is 17.7 Å². The molecule has 2 aromatic rings. The van der Waals surface area contributed by atoms with Gasteiger partial charge < -0.3 is 19.5 Å². The number of amides is 2. The number of carbonyl (C=O) groups is 2. The molecule has 1 saturated heterocycles. The van der Waals surface area contributed by atoms with E-state index in [2.05, 4.69) is 15.5 Å². The van der Waals surface area contributed by atoms with Gasteiger partial charge in [0.05, 0.1) is 12.7 Å². The number of pyridine rings is 1. The van der Waals surface area contributed by atoms with E-state index in [0.717, 1.165) is 0 Å². The molecule has 2 amide bonds. The van der Waals surface area contributed by atoms with E-state index in [9.17, 15) is 9.59 Å². The maximum atomic E-state index is 12.5. The number of piperidine rings is 1. The average molecular weight is 344 g/mol. The van der Waals surface area contributed by atoms with Gasteiger partial charge in [0.15, 0.2) is 5.82 Å². The number of carbonyl (C=O) groups excluding carboxylic acids is 2. The maximum Gasteiger partial charge on any atom is 0.255 e. The Morgan fingerprint density at radius 1 is 1.32 bits per heavy atom. The predicted octanol–water partition coefficient (Wildman–Crippen LogP) is 1.88. The highest BCUT2D eigenvalue weighted by Crippen LogP contribution is 2.21. The summed E-state index contributed by atoms with van der Waals surface area (Å²) in [5, 5.41) is 6.51. The van der Waals surface area contributed by atoms with Gasteiger partial charge in [-0.25, -0.2) is 4.98 Å². The summed E-state index contributed by atoms with van der Waals surface area (Å²) in [7, 11) is 1.53. The highest BCUT2D eigenvalue weighted by Gasteiger charge is 2.28. The zero-order valence-corrected chi connectivity index (χ0v) is 14.2. The molecule has 0 atom stereocenters. The third-order valence-corrected chi connectivity index (χ3v) is 4.22. The van der Waals surface area contributed by atoms with Gasteiger partial charge >= 0.3 is 0 Å². The first-order valence-corrected chi connectivity index (χ1v) is 8.10. The van der Waals surface area contributed by atoms with Crippen LogP contribution in [0.4, 0.5) is 5.82 Å². The summed E-state index contributed by atoms with van der Waals surface area (Å²) in [6.45, 7) is 2.82. The van der Waals surface area contributed by atoms with Crippen molar-refractivity contribution < 1.29 is 18.8 Å². The van der Waals surface area contributed by atoms with E-state index >= 15 is 0 Å². The van der Waals surface area contributed by atoms with Gasteiger partial charge in [0.1, 0.15) is 5.76 Å². The summed E-state index contributed by atoms with van der Waals surface area (Å²) in [5.74, 6) is 1.21. The third kappa shape index (κ3) is 3.96. The molecule has 8 heteroatoms. The number of hydrogen-bond donors (Lipinski definition) is 1.